The molecule has 0 saturated carbocycles. The van der Waals surface area contributed by atoms with Gasteiger partial charge in [-0.25, -0.2) is 9.37 Å². The van der Waals surface area contributed by atoms with Crippen molar-refractivity contribution < 1.29 is 9.13 Å². The normalized spacial score (nSPS) is 10.4. The monoisotopic (exact) mass is 289 g/mol. The van der Waals surface area contributed by atoms with E-state index in [4.69, 9.17) is 4.74 Å². The van der Waals surface area contributed by atoms with Crippen molar-refractivity contribution in [1.29, 1.82) is 0 Å². The van der Waals surface area contributed by atoms with Crippen molar-refractivity contribution in [2.45, 2.75) is 26.7 Å². The first kappa shape index (κ1) is 15.2. The van der Waals surface area contributed by atoms with Gasteiger partial charge >= 0.3 is 0 Å². The van der Waals surface area contributed by atoms with Crippen LogP contribution >= 0.6 is 0 Å². The number of nitrogens with one attached hydrogen (secondary N) is 1. The highest BCUT2D eigenvalue weighted by Crippen LogP contribution is 2.12. The highest BCUT2D eigenvalue weighted by Gasteiger charge is 2.02. The van der Waals surface area contributed by atoms with E-state index in [0.717, 1.165) is 24.0 Å². The third-order valence-corrected chi connectivity index (χ3v) is 3.07. The SMILES string of the molecule is CCCOc1ccnc(NCCc2ccc(F)cc2C)n1. The highest BCUT2D eigenvalue weighted by atomic mass is 19.1. The summed E-state index contributed by atoms with van der Waals surface area (Å²) in [6.07, 6.45) is 3.40. The number of nitrogens with zero attached hydrogens (tertiary/aromatic N) is 2. The third-order valence-electron chi connectivity index (χ3n) is 3.07. The predicted molar refractivity (Wildman–Crippen MR) is 81.1 cm³/mol. The van der Waals surface area contributed by atoms with E-state index < -0.39 is 0 Å². The molecule has 0 aliphatic carbocycles. The number of aryl methyl sites for hydroxylation is 1. The van der Waals surface area contributed by atoms with E-state index in [0.29, 0.717) is 25.0 Å². The summed E-state index contributed by atoms with van der Waals surface area (Å²) in [4.78, 5) is 8.43. The van der Waals surface area contributed by atoms with E-state index in [2.05, 4.69) is 15.3 Å². The molecule has 0 aliphatic rings. The summed E-state index contributed by atoms with van der Waals surface area (Å²) in [6, 6.07) is 6.59. The summed E-state index contributed by atoms with van der Waals surface area (Å²) in [5.41, 5.74) is 2.07. The van der Waals surface area contributed by atoms with Crippen molar-refractivity contribution in [3.63, 3.8) is 0 Å². The van der Waals surface area contributed by atoms with Gasteiger partial charge in [-0.05, 0) is 43.0 Å². The van der Waals surface area contributed by atoms with E-state index >= 15 is 0 Å². The fourth-order valence-electron chi connectivity index (χ4n) is 1.96. The Labute approximate surface area is 124 Å². The van der Waals surface area contributed by atoms with E-state index in [1.807, 2.05) is 19.9 Å². The summed E-state index contributed by atoms with van der Waals surface area (Å²) >= 11 is 0. The molecule has 0 bridgehead atoms. The number of aromatic nitrogens is 2. The van der Waals surface area contributed by atoms with Crippen LogP contribution in [0.5, 0.6) is 5.88 Å². The maximum absolute atomic E-state index is 13.0. The van der Waals surface area contributed by atoms with E-state index in [1.54, 1.807) is 18.3 Å². The topological polar surface area (TPSA) is 47.0 Å². The van der Waals surface area contributed by atoms with E-state index in [9.17, 15) is 4.39 Å². The average molecular weight is 289 g/mol. The van der Waals surface area contributed by atoms with Gasteiger partial charge in [0.15, 0.2) is 0 Å². The Bertz CT molecular complexity index is 589. The second-order valence-corrected chi connectivity index (χ2v) is 4.81. The van der Waals surface area contributed by atoms with Gasteiger partial charge < -0.3 is 10.1 Å². The molecule has 2 rings (SSSR count). The lowest BCUT2D eigenvalue weighted by atomic mass is 10.1. The molecule has 0 spiro atoms. The first-order valence-corrected chi connectivity index (χ1v) is 7.14. The lowest BCUT2D eigenvalue weighted by Gasteiger charge is -2.09. The molecule has 0 radical (unpaired) electrons. The minimum Gasteiger partial charge on any atom is -0.478 e. The van der Waals surface area contributed by atoms with Crippen LogP contribution in [0.3, 0.4) is 0 Å². The third kappa shape index (κ3) is 4.70. The minimum atomic E-state index is -0.201. The van der Waals surface area contributed by atoms with Gasteiger partial charge in [0.2, 0.25) is 11.8 Å². The standard InChI is InChI=1S/C16H20FN3O/c1-3-10-21-15-7-9-19-16(20-15)18-8-6-13-4-5-14(17)11-12(13)2/h4-5,7,9,11H,3,6,8,10H2,1-2H3,(H,18,19,20). The lowest BCUT2D eigenvalue weighted by Crippen LogP contribution is -2.09. The molecule has 0 fully saturated rings. The first-order valence-electron chi connectivity index (χ1n) is 7.14. The van der Waals surface area contributed by atoms with Crippen LogP contribution in [0.15, 0.2) is 30.5 Å². The molecule has 4 nitrogen and oxygen atoms in total. The van der Waals surface area contributed by atoms with Gasteiger partial charge in [0.05, 0.1) is 6.61 Å². The molecule has 1 aromatic heterocycles. The fraction of sp³-hybridized carbons (Fsp3) is 0.375. The van der Waals surface area contributed by atoms with Crippen molar-refractivity contribution in [3.8, 4) is 5.88 Å². The molecular weight excluding hydrogens is 269 g/mol. The number of anilines is 1. The van der Waals surface area contributed by atoms with Crippen LogP contribution in [0.2, 0.25) is 0 Å². The summed E-state index contributed by atoms with van der Waals surface area (Å²) < 4.78 is 18.5. The zero-order valence-corrected chi connectivity index (χ0v) is 12.4. The largest absolute Gasteiger partial charge is 0.478 e. The number of ether oxygens (including phenoxy) is 1. The van der Waals surface area contributed by atoms with Crippen molar-refractivity contribution in [2.24, 2.45) is 0 Å². The molecule has 112 valence electrons. The first-order chi connectivity index (χ1) is 10.2. The van der Waals surface area contributed by atoms with Crippen LogP contribution < -0.4 is 10.1 Å². The van der Waals surface area contributed by atoms with Crippen LogP contribution in [0, 0.1) is 12.7 Å². The molecule has 0 unspecified atom stereocenters. The number of rotatable bonds is 7. The number of benzene rings is 1. The second-order valence-electron chi connectivity index (χ2n) is 4.81. The van der Waals surface area contributed by atoms with E-state index in [-0.39, 0.29) is 5.82 Å². The van der Waals surface area contributed by atoms with E-state index in [1.165, 1.54) is 6.07 Å². The Morgan fingerprint density at radius 1 is 1.29 bits per heavy atom. The number of hydrogen-bond donors (Lipinski definition) is 1. The van der Waals surface area contributed by atoms with Gasteiger partial charge in [-0.1, -0.05) is 13.0 Å². The summed E-state index contributed by atoms with van der Waals surface area (Å²) in [7, 11) is 0. The molecule has 1 aromatic carbocycles. The van der Waals surface area contributed by atoms with Gasteiger partial charge in [-0.2, -0.15) is 4.98 Å². The molecular formula is C16H20FN3O. The Hall–Kier alpha value is -2.17. The zero-order valence-electron chi connectivity index (χ0n) is 12.4. The molecule has 0 amide bonds. The lowest BCUT2D eigenvalue weighted by molar-refractivity contribution is 0.305. The van der Waals surface area contributed by atoms with Crippen LogP contribution in [0.1, 0.15) is 24.5 Å². The quantitative estimate of drug-likeness (QED) is 0.849. The Morgan fingerprint density at radius 2 is 2.14 bits per heavy atom. The minimum absolute atomic E-state index is 0.201. The molecule has 21 heavy (non-hydrogen) atoms. The zero-order chi connectivity index (χ0) is 15.1. The maximum Gasteiger partial charge on any atom is 0.225 e. The molecule has 2 aromatic rings. The van der Waals surface area contributed by atoms with Crippen LogP contribution in [0.4, 0.5) is 10.3 Å². The fourth-order valence-corrected chi connectivity index (χ4v) is 1.96. The van der Waals surface area contributed by atoms with Crippen LogP contribution in [-0.2, 0) is 6.42 Å². The van der Waals surface area contributed by atoms with Gasteiger partial charge in [0.1, 0.15) is 5.82 Å². The molecule has 1 N–H and O–H groups in total. The smallest absolute Gasteiger partial charge is 0.225 e. The highest BCUT2D eigenvalue weighted by molar-refractivity contribution is 5.30. The Morgan fingerprint density at radius 3 is 2.90 bits per heavy atom. The number of hydrogen-bond acceptors (Lipinski definition) is 4. The molecule has 0 saturated heterocycles. The van der Waals surface area contributed by atoms with Crippen molar-refractivity contribution in [3.05, 3.63) is 47.4 Å². The number of halogens is 1. The van der Waals surface area contributed by atoms with Gasteiger partial charge in [-0.15, -0.1) is 0 Å². The average Bonchev–Trinajstić information content (AvgIpc) is 2.48. The van der Waals surface area contributed by atoms with Crippen molar-refractivity contribution in [2.75, 3.05) is 18.5 Å². The van der Waals surface area contributed by atoms with Crippen LogP contribution in [0.25, 0.3) is 0 Å². The summed E-state index contributed by atoms with van der Waals surface area (Å²) in [5.74, 6) is 0.920. The van der Waals surface area contributed by atoms with Gasteiger partial charge in [0.25, 0.3) is 0 Å². The summed E-state index contributed by atoms with van der Waals surface area (Å²) in [5, 5.41) is 3.16. The van der Waals surface area contributed by atoms with Crippen LogP contribution in [-0.4, -0.2) is 23.1 Å². The Balaban J connectivity index is 1.88. The molecule has 0 aliphatic heterocycles. The van der Waals surface area contributed by atoms with Crippen molar-refractivity contribution in [1.82, 2.24) is 9.97 Å². The summed E-state index contributed by atoms with van der Waals surface area (Å²) in [6.45, 7) is 5.29. The molecule has 1 heterocycles. The Kier molecular flexibility index (Phi) is 5.49. The molecule has 5 heteroatoms. The van der Waals surface area contributed by atoms with Gasteiger partial charge in [-0.3, -0.25) is 0 Å². The second kappa shape index (κ2) is 7.57. The van der Waals surface area contributed by atoms with Gasteiger partial charge in [0, 0.05) is 18.8 Å². The maximum atomic E-state index is 13.0. The van der Waals surface area contributed by atoms with Crippen molar-refractivity contribution >= 4 is 5.95 Å². The predicted octanol–water partition coefficient (Wildman–Crippen LogP) is 3.37. The molecule has 0 atom stereocenters.